The summed E-state index contributed by atoms with van der Waals surface area (Å²) in [6.07, 6.45) is -2.13. The van der Waals surface area contributed by atoms with Crippen LogP contribution in [0.1, 0.15) is 44.3 Å². The minimum absolute atomic E-state index is 0.246. The first kappa shape index (κ1) is 33.7. The Bertz CT molecular complexity index is 1690. The minimum Gasteiger partial charge on any atom is -0.374 e. The van der Waals surface area contributed by atoms with Gasteiger partial charge in [-0.1, -0.05) is 139 Å². The minimum atomic E-state index is -0.618. The van der Waals surface area contributed by atoms with Crippen molar-refractivity contribution in [3.05, 3.63) is 178 Å². The second-order valence-corrected chi connectivity index (χ2v) is 12.2. The highest BCUT2D eigenvalue weighted by Gasteiger charge is 2.49. The van der Waals surface area contributed by atoms with Gasteiger partial charge in [-0.2, -0.15) is 0 Å². The average molecular weight is 663 g/mol. The van der Waals surface area contributed by atoms with Gasteiger partial charge in [-0.3, -0.25) is 4.79 Å². The van der Waals surface area contributed by atoms with Crippen LogP contribution in [0.5, 0.6) is 0 Å². The number of halogens is 1. The van der Waals surface area contributed by atoms with E-state index in [-0.39, 0.29) is 6.61 Å². The molecule has 1 aliphatic heterocycles. The van der Waals surface area contributed by atoms with Gasteiger partial charge in [0.1, 0.15) is 30.5 Å². The molecule has 0 aliphatic carbocycles. The molecule has 0 amide bonds. The molecule has 1 fully saturated rings. The highest BCUT2D eigenvalue weighted by Crippen LogP contribution is 2.39. The molecule has 246 valence electrons. The first-order valence-corrected chi connectivity index (χ1v) is 16.5. The largest absolute Gasteiger partial charge is 0.374 e. The molecule has 1 heterocycles. The second kappa shape index (κ2) is 17.3. The van der Waals surface area contributed by atoms with Crippen LogP contribution in [-0.4, -0.2) is 37.3 Å². The topological polar surface area (TPSA) is 63.2 Å². The van der Waals surface area contributed by atoms with Crippen LogP contribution in [0.4, 0.5) is 0 Å². The van der Waals surface area contributed by atoms with Crippen molar-refractivity contribution in [2.45, 2.75) is 56.9 Å². The number of carbonyl (C=O) groups is 1. The van der Waals surface area contributed by atoms with Crippen molar-refractivity contribution in [1.29, 1.82) is 0 Å². The Kier molecular flexibility index (Phi) is 12.2. The van der Waals surface area contributed by atoms with Crippen LogP contribution in [0.2, 0.25) is 5.02 Å². The molecule has 6 rings (SSSR count). The maximum Gasteiger partial charge on any atom is 0.151 e. The SMILES string of the molecule is O=Cc1cc(C2OC(COCc3ccccc3)C(OCc3ccccc3)C(OCc3ccccc3)C2OCc2ccccc2)ccc1Cl. The molecule has 5 atom stereocenters. The summed E-state index contributed by atoms with van der Waals surface area (Å²) in [7, 11) is 0. The van der Waals surface area contributed by atoms with E-state index in [4.69, 9.17) is 35.3 Å². The van der Waals surface area contributed by atoms with Crippen molar-refractivity contribution >= 4 is 17.9 Å². The summed E-state index contributed by atoms with van der Waals surface area (Å²) in [5, 5.41) is 0.370. The molecular formula is C41H39ClO6. The van der Waals surface area contributed by atoms with Gasteiger partial charge in [0, 0.05) is 5.56 Å². The molecule has 0 saturated carbocycles. The van der Waals surface area contributed by atoms with E-state index in [2.05, 4.69) is 0 Å². The summed E-state index contributed by atoms with van der Waals surface area (Å²) >= 11 is 6.37. The molecule has 7 heteroatoms. The third-order valence-electron chi connectivity index (χ3n) is 8.36. The fourth-order valence-corrected chi connectivity index (χ4v) is 6.05. The van der Waals surface area contributed by atoms with Gasteiger partial charge in [0.25, 0.3) is 0 Å². The molecule has 1 aliphatic rings. The number of aldehydes is 1. The van der Waals surface area contributed by atoms with E-state index in [0.29, 0.717) is 37.0 Å². The van der Waals surface area contributed by atoms with Gasteiger partial charge in [-0.15, -0.1) is 0 Å². The van der Waals surface area contributed by atoms with Crippen molar-refractivity contribution in [1.82, 2.24) is 0 Å². The quantitative estimate of drug-likeness (QED) is 0.105. The van der Waals surface area contributed by atoms with Crippen LogP contribution in [0, 0.1) is 0 Å². The van der Waals surface area contributed by atoms with Gasteiger partial charge in [-0.05, 0) is 39.9 Å². The first-order chi connectivity index (χ1) is 23.7. The normalized spacial score (nSPS) is 20.7. The Morgan fingerprint density at radius 3 is 1.52 bits per heavy atom. The molecule has 0 spiro atoms. The fraction of sp³-hybridized carbons (Fsp3) is 0.244. The molecule has 6 nitrogen and oxygen atoms in total. The second-order valence-electron chi connectivity index (χ2n) is 11.8. The van der Waals surface area contributed by atoms with E-state index in [0.717, 1.165) is 34.1 Å². The lowest BCUT2D eigenvalue weighted by molar-refractivity contribution is -0.275. The Morgan fingerprint density at radius 1 is 0.562 bits per heavy atom. The van der Waals surface area contributed by atoms with Crippen molar-refractivity contribution in [2.24, 2.45) is 0 Å². The van der Waals surface area contributed by atoms with Gasteiger partial charge in [0.2, 0.25) is 0 Å². The average Bonchev–Trinajstić information content (AvgIpc) is 3.14. The number of hydrogen-bond donors (Lipinski definition) is 0. The van der Waals surface area contributed by atoms with E-state index in [1.54, 1.807) is 12.1 Å². The van der Waals surface area contributed by atoms with Crippen LogP contribution in [0.25, 0.3) is 0 Å². The van der Waals surface area contributed by atoms with Gasteiger partial charge >= 0.3 is 0 Å². The zero-order valence-corrected chi connectivity index (χ0v) is 27.4. The number of benzene rings is 5. The zero-order valence-electron chi connectivity index (χ0n) is 26.6. The summed E-state index contributed by atoms with van der Waals surface area (Å²) in [5.41, 5.74) is 5.25. The molecule has 5 unspecified atom stereocenters. The van der Waals surface area contributed by atoms with Gasteiger partial charge < -0.3 is 23.7 Å². The fourth-order valence-electron chi connectivity index (χ4n) is 5.89. The lowest BCUT2D eigenvalue weighted by Gasteiger charge is -2.46. The maximum atomic E-state index is 12.0. The van der Waals surface area contributed by atoms with E-state index < -0.39 is 30.5 Å². The standard InChI is InChI=1S/C41H39ClO6/c42-36-22-21-34(23-35(36)24-43)38-40(46-27-32-17-9-3-10-18-32)41(47-28-33-19-11-4-12-20-33)39(45-26-31-15-7-2-8-16-31)37(48-38)29-44-25-30-13-5-1-6-14-30/h1-24,37-41H,25-29H2. The summed E-state index contributed by atoms with van der Waals surface area (Å²) in [4.78, 5) is 12.0. The summed E-state index contributed by atoms with van der Waals surface area (Å²) < 4.78 is 33.5. The molecule has 0 aromatic heterocycles. The lowest BCUT2D eigenvalue weighted by atomic mass is 9.89. The molecule has 0 radical (unpaired) electrons. The van der Waals surface area contributed by atoms with Crippen molar-refractivity contribution in [2.75, 3.05) is 6.61 Å². The molecule has 5 aromatic carbocycles. The highest BCUT2D eigenvalue weighted by molar-refractivity contribution is 6.32. The van der Waals surface area contributed by atoms with Crippen LogP contribution >= 0.6 is 11.6 Å². The van der Waals surface area contributed by atoms with Gasteiger partial charge in [0.05, 0.1) is 38.1 Å². The van der Waals surface area contributed by atoms with E-state index in [1.165, 1.54) is 0 Å². The predicted molar refractivity (Wildman–Crippen MR) is 186 cm³/mol. The number of hydrogen-bond acceptors (Lipinski definition) is 6. The van der Waals surface area contributed by atoms with Gasteiger partial charge in [0.15, 0.2) is 6.29 Å². The third-order valence-corrected chi connectivity index (χ3v) is 8.70. The smallest absolute Gasteiger partial charge is 0.151 e. The number of rotatable bonds is 15. The molecule has 0 N–H and O–H groups in total. The third kappa shape index (κ3) is 9.05. The monoisotopic (exact) mass is 662 g/mol. The van der Waals surface area contributed by atoms with Crippen LogP contribution in [-0.2, 0) is 50.1 Å². The Balaban J connectivity index is 1.37. The van der Waals surface area contributed by atoms with Crippen LogP contribution in [0.3, 0.4) is 0 Å². The lowest BCUT2D eigenvalue weighted by Crippen LogP contribution is -2.58. The molecule has 0 bridgehead atoms. The molecular weight excluding hydrogens is 624 g/mol. The van der Waals surface area contributed by atoms with Crippen molar-refractivity contribution in [3.8, 4) is 0 Å². The van der Waals surface area contributed by atoms with Crippen molar-refractivity contribution in [3.63, 3.8) is 0 Å². The molecule has 48 heavy (non-hydrogen) atoms. The van der Waals surface area contributed by atoms with Gasteiger partial charge in [-0.25, -0.2) is 0 Å². The Hall–Kier alpha value is -4.14. The first-order valence-electron chi connectivity index (χ1n) is 16.2. The number of carbonyl (C=O) groups excluding carboxylic acids is 1. The van der Waals surface area contributed by atoms with Crippen LogP contribution < -0.4 is 0 Å². The van der Waals surface area contributed by atoms with E-state index in [9.17, 15) is 4.79 Å². The maximum absolute atomic E-state index is 12.0. The molecule has 1 saturated heterocycles. The molecule has 5 aromatic rings. The summed E-state index contributed by atoms with van der Waals surface area (Å²) in [6.45, 7) is 1.67. The van der Waals surface area contributed by atoms with Crippen LogP contribution in [0.15, 0.2) is 140 Å². The van der Waals surface area contributed by atoms with E-state index in [1.807, 2.05) is 127 Å². The Labute approximate surface area is 287 Å². The predicted octanol–water partition coefficient (Wildman–Crippen LogP) is 8.57. The highest BCUT2D eigenvalue weighted by atomic mass is 35.5. The summed E-state index contributed by atoms with van der Waals surface area (Å²) in [6, 6.07) is 45.4. The summed E-state index contributed by atoms with van der Waals surface area (Å²) in [5.74, 6) is 0. The number of ether oxygens (including phenoxy) is 5. The Morgan fingerprint density at radius 2 is 1.02 bits per heavy atom. The van der Waals surface area contributed by atoms with E-state index >= 15 is 0 Å². The van der Waals surface area contributed by atoms with Crippen molar-refractivity contribution < 1.29 is 28.5 Å². The zero-order chi connectivity index (χ0) is 33.0.